The summed E-state index contributed by atoms with van der Waals surface area (Å²) in [6.07, 6.45) is 0. The Morgan fingerprint density at radius 2 is 1.60 bits per heavy atom. The van der Waals surface area contributed by atoms with Gasteiger partial charge in [0.15, 0.2) is 0 Å². The smallest absolute Gasteiger partial charge is 0.282 e. The molecule has 0 unspecified atom stereocenters. The first-order valence-electron chi connectivity index (χ1n) is 9.34. The minimum Gasteiger partial charge on any atom is -0.350 e. The number of amides is 2. The van der Waals surface area contributed by atoms with Crippen molar-refractivity contribution in [1.29, 1.82) is 0 Å². The van der Waals surface area contributed by atoms with Crippen LogP contribution in [-0.2, 0) is 9.59 Å². The lowest BCUT2D eigenvalue weighted by Gasteiger charge is -2.16. The van der Waals surface area contributed by atoms with Crippen LogP contribution in [0.25, 0.3) is 5.57 Å². The zero-order valence-corrected chi connectivity index (χ0v) is 17.1. The van der Waals surface area contributed by atoms with Crippen LogP contribution in [-0.4, -0.2) is 11.8 Å². The lowest BCUT2D eigenvalue weighted by molar-refractivity contribution is -0.120. The number of imide groups is 1. The normalized spacial score (nSPS) is 13.9. The molecule has 0 saturated carbocycles. The van der Waals surface area contributed by atoms with Crippen molar-refractivity contribution >= 4 is 40.4 Å². The van der Waals surface area contributed by atoms with E-state index < -0.39 is 17.6 Å². The Bertz CT molecular complexity index is 1200. The largest absolute Gasteiger partial charge is 0.350 e. The van der Waals surface area contributed by atoms with Gasteiger partial charge in [0.05, 0.1) is 11.3 Å². The van der Waals surface area contributed by atoms with Crippen LogP contribution in [0.5, 0.6) is 0 Å². The molecule has 1 aliphatic rings. The Kier molecular flexibility index (Phi) is 5.14. The van der Waals surface area contributed by atoms with Gasteiger partial charge in [0.1, 0.15) is 11.5 Å². The number of nitrogens with zero attached hydrogens (tertiary/aromatic N) is 1. The first kappa shape index (κ1) is 19.9. The fourth-order valence-corrected chi connectivity index (χ4v) is 3.58. The topological polar surface area (TPSA) is 49.4 Å². The van der Waals surface area contributed by atoms with Crippen LogP contribution in [0, 0.1) is 19.7 Å². The van der Waals surface area contributed by atoms with Crippen molar-refractivity contribution in [2.45, 2.75) is 13.8 Å². The van der Waals surface area contributed by atoms with E-state index in [4.69, 9.17) is 11.6 Å². The van der Waals surface area contributed by atoms with Crippen molar-refractivity contribution in [1.82, 2.24) is 0 Å². The maximum Gasteiger partial charge on any atom is 0.282 e. The third-order valence-corrected chi connectivity index (χ3v) is 5.41. The Morgan fingerprint density at radius 1 is 0.900 bits per heavy atom. The Hall–Kier alpha value is -3.44. The van der Waals surface area contributed by atoms with Crippen LogP contribution >= 0.6 is 11.6 Å². The molecular formula is C24H18ClFN2O2. The van der Waals surface area contributed by atoms with Gasteiger partial charge in [-0.1, -0.05) is 41.9 Å². The van der Waals surface area contributed by atoms with Crippen molar-refractivity contribution in [2.24, 2.45) is 0 Å². The molecule has 0 saturated heterocycles. The summed E-state index contributed by atoms with van der Waals surface area (Å²) in [6.45, 7) is 3.71. The summed E-state index contributed by atoms with van der Waals surface area (Å²) in [5, 5.41) is 3.64. The number of nitrogens with one attached hydrogen (secondary N) is 1. The molecule has 0 radical (unpaired) electrons. The van der Waals surface area contributed by atoms with E-state index >= 15 is 0 Å². The zero-order chi connectivity index (χ0) is 21.4. The third kappa shape index (κ3) is 3.48. The molecule has 3 aromatic carbocycles. The number of carbonyl (C=O) groups is 2. The molecule has 0 fully saturated rings. The van der Waals surface area contributed by atoms with Crippen LogP contribution in [0.4, 0.5) is 15.8 Å². The van der Waals surface area contributed by atoms with E-state index in [1.807, 2.05) is 19.9 Å². The minimum absolute atomic E-state index is 0.124. The monoisotopic (exact) mass is 420 g/mol. The molecular weight excluding hydrogens is 403 g/mol. The van der Waals surface area contributed by atoms with Crippen molar-refractivity contribution in [3.05, 3.63) is 100.0 Å². The van der Waals surface area contributed by atoms with Gasteiger partial charge in [0.2, 0.25) is 0 Å². The number of hydrogen-bond acceptors (Lipinski definition) is 3. The molecule has 4 nitrogen and oxygen atoms in total. The van der Waals surface area contributed by atoms with E-state index in [9.17, 15) is 14.0 Å². The highest BCUT2D eigenvalue weighted by atomic mass is 35.5. The molecule has 0 atom stereocenters. The van der Waals surface area contributed by atoms with Gasteiger partial charge in [-0.2, -0.15) is 0 Å². The maximum atomic E-state index is 13.5. The summed E-state index contributed by atoms with van der Waals surface area (Å²) in [5.41, 5.74) is 3.52. The predicted molar refractivity (Wildman–Crippen MR) is 117 cm³/mol. The summed E-state index contributed by atoms with van der Waals surface area (Å²) >= 11 is 6.22. The molecule has 1 N–H and O–H groups in total. The summed E-state index contributed by atoms with van der Waals surface area (Å²) < 4.78 is 13.5. The van der Waals surface area contributed by atoms with E-state index in [1.54, 1.807) is 36.4 Å². The number of benzene rings is 3. The van der Waals surface area contributed by atoms with Gasteiger partial charge in [-0.15, -0.1) is 0 Å². The fraction of sp³-hybridized carbons (Fsp3) is 0.0833. The van der Waals surface area contributed by atoms with Crippen LogP contribution in [0.1, 0.15) is 16.7 Å². The summed E-state index contributed by atoms with van der Waals surface area (Å²) in [6, 6.07) is 17.9. The van der Waals surface area contributed by atoms with Gasteiger partial charge in [-0.05, 0) is 66.9 Å². The molecule has 0 aromatic heterocycles. The molecule has 0 spiro atoms. The number of rotatable bonds is 4. The number of hydrogen-bond donors (Lipinski definition) is 1. The lowest BCUT2D eigenvalue weighted by Crippen LogP contribution is -2.32. The van der Waals surface area contributed by atoms with E-state index in [0.717, 1.165) is 16.0 Å². The van der Waals surface area contributed by atoms with Crippen molar-refractivity contribution in [3.8, 4) is 0 Å². The van der Waals surface area contributed by atoms with Crippen LogP contribution in [0.2, 0.25) is 5.02 Å². The van der Waals surface area contributed by atoms with Gasteiger partial charge >= 0.3 is 0 Å². The molecule has 0 aliphatic carbocycles. The quantitative estimate of drug-likeness (QED) is 0.567. The van der Waals surface area contributed by atoms with Crippen molar-refractivity contribution < 1.29 is 14.0 Å². The molecule has 4 rings (SSSR count). The highest BCUT2D eigenvalue weighted by Gasteiger charge is 2.40. The second kappa shape index (κ2) is 7.76. The lowest BCUT2D eigenvalue weighted by atomic mass is 10.0. The molecule has 30 heavy (non-hydrogen) atoms. The molecule has 150 valence electrons. The molecule has 1 aliphatic heterocycles. The highest BCUT2D eigenvalue weighted by molar-refractivity contribution is 6.46. The maximum absolute atomic E-state index is 13.5. The average Bonchev–Trinajstić information content (AvgIpc) is 2.96. The summed E-state index contributed by atoms with van der Waals surface area (Å²) in [5.74, 6) is -1.38. The van der Waals surface area contributed by atoms with Crippen molar-refractivity contribution in [3.63, 3.8) is 0 Å². The van der Waals surface area contributed by atoms with Gasteiger partial charge < -0.3 is 5.32 Å². The SMILES string of the molecule is Cc1cccc(N2C(=O)C(Nc3cccc(Cl)c3C)=C(c3ccc(F)cc3)C2=O)c1. The average molecular weight is 421 g/mol. The molecule has 0 bridgehead atoms. The second-order valence-corrected chi connectivity index (χ2v) is 7.49. The number of aryl methyl sites for hydroxylation is 1. The van der Waals surface area contributed by atoms with E-state index in [1.165, 1.54) is 24.3 Å². The van der Waals surface area contributed by atoms with E-state index in [0.29, 0.717) is 22.0 Å². The van der Waals surface area contributed by atoms with E-state index in [-0.39, 0.29) is 11.3 Å². The molecule has 2 amide bonds. The third-order valence-electron chi connectivity index (χ3n) is 5.00. The predicted octanol–water partition coefficient (Wildman–Crippen LogP) is 5.49. The Balaban J connectivity index is 1.86. The van der Waals surface area contributed by atoms with Crippen LogP contribution in [0.15, 0.2) is 72.4 Å². The first-order valence-corrected chi connectivity index (χ1v) is 9.72. The molecule has 3 aromatic rings. The number of anilines is 2. The Morgan fingerprint density at radius 3 is 2.30 bits per heavy atom. The van der Waals surface area contributed by atoms with Crippen LogP contribution in [0.3, 0.4) is 0 Å². The van der Waals surface area contributed by atoms with Gasteiger partial charge in [0, 0.05) is 10.7 Å². The molecule has 6 heteroatoms. The second-order valence-electron chi connectivity index (χ2n) is 7.08. The summed E-state index contributed by atoms with van der Waals surface area (Å²) in [4.78, 5) is 27.8. The fourth-order valence-electron chi connectivity index (χ4n) is 3.41. The molecule has 1 heterocycles. The minimum atomic E-state index is -0.482. The standard InChI is InChI=1S/C24H18ClFN2O2/c1-14-5-3-6-18(13-14)28-23(29)21(16-9-11-17(26)12-10-16)22(24(28)30)27-20-8-4-7-19(25)15(20)2/h3-13,27H,1-2H3. The van der Waals surface area contributed by atoms with Gasteiger partial charge in [-0.25, -0.2) is 9.29 Å². The van der Waals surface area contributed by atoms with Crippen LogP contribution < -0.4 is 10.2 Å². The first-order chi connectivity index (χ1) is 14.4. The zero-order valence-electron chi connectivity index (χ0n) is 16.4. The number of carbonyl (C=O) groups excluding carboxylic acids is 2. The van der Waals surface area contributed by atoms with Gasteiger partial charge in [-0.3, -0.25) is 9.59 Å². The Labute approximate surface area is 178 Å². The summed E-state index contributed by atoms with van der Waals surface area (Å²) in [7, 11) is 0. The van der Waals surface area contributed by atoms with E-state index in [2.05, 4.69) is 5.32 Å². The highest BCUT2D eigenvalue weighted by Crippen LogP contribution is 2.35. The van der Waals surface area contributed by atoms with Crippen molar-refractivity contribution in [2.75, 3.05) is 10.2 Å². The number of halogens is 2. The van der Waals surface area contributed by atoms with Gasteiger partial charge in [0.25, 0.3) is 11.8 Å².